The molecule has 11 nitrogen and oxygen atoms in total. The van der Waals surface area contributed by atoms with Crippen LogP contribution in [-0.4, -0.2) is 76.1 Å². The summed E-state index contributed by atoms with van der Waals surface area (Å²) in [4.78, 5) is 35.5. The molecule has 12 heteroatoms. The van der Waals surface area contributed by atoms with E-state index in [9.17, 15) is 4.79 Å². The van der Waals surface area contributed by atoms with Crippen molar-refractivity contribution < 1.29 is 14.3 Å². The van der Waals surface area contributed by atoms with Crippen LogP contribution < -0.4 is 9.80 Å². The number of H-pyrrole nitrogens is 1. The number of aromatic nitrogens is 6. The molecule has 0 saturated carbocycles. The molecule has 0 unspecified atom stereocenters. The van der Waals surface area contributed by atoms with Gasteiger partial charge in [-0.15, -0.1) is 11.3 Å². The van der Waals surface area contributed by atoms with E-state index in [4.69, 9.17) is 19.4 Å². The second kappa shape index (κ2) is 9.69. The van der Waals surface area contributed by atoms with Gasteiger partial charge in [0.2, 0.25) is 5.95 Å². The van der Waals surface area contributed by atoms with Gasteiger partial charge in [0.25, 0.3) is 0 Å². The van der Waals surface area contributed by atoms with Crippen LogP contribution in [0.3, 0.4) is 0 Å². The summed E-state index contributed by atoms with van der Waals surface area (Å²) in [6, 6.07) is 2.08. The average molecular weight is 481 g/mol. The van der Waals surface area contributed by atoms with Gasteiger partial charge in [0.05, 0.1) is 53.9 Å². The maximum absolute atomic E-state index is 11.8. The van der Waals surface area contributed by atoms with Gasteiger partial charge in [0.15, 0.2) is 11.6 Å². The fourth-order valence-corrected chi connectivity index (χ4v) is 4.84. The summed E-state index contributed by atoms with van der Waals surface area (Å²) in [6.45, 7) is 5.57. The largest absolute Gasteiger partial charge is 0.462 e. The van der Waals surface area contributed by atoms with Crippen LogP contribution >= 0.6 is 11.3 Å². The predicted octanol–water partition coefficient (Wildman–Crippen LogP) is 2.52. The molecule has 4 aromatic rings. The Balaban J connectivity index is 1.43. The van der Waals surface area contributed by atoms with Crippen LogP contribution in [0.2, 0.25) is 0 Å². The predicted molar refractivity (Wildman–Crippen MR) is 128 cm³/mol. The second-order valence-corrected chi connectivity index (χ2v) is 8.87. The van der Waals surface area contributed by atoms with Crippen LogP contribution in [-0.2, 0) is 16.0 Å². The lowest BCUT2D eigenvalue weighted by Gasteiger charge is -2.28. The quantitative estimate of drug-likeness (QED) is 0.395. The lowest BCUT2D eigenvalue weighted by atomic mass is 10.3. The van der Waals surface area contributed by atoms with Gasteiger partial charge < -0.3 is 19.3 Å². The zero-order chi connectivity index (χ0) is 23.5. The van der Waals surface area contributed by atoms with Gasteiger partial charge in [-0.1, -0.05) is 0 Å². The van der Waals surface area contributed by atoms with Gasteiger partial charge in [0.1, 0.15) is 0 Å². The third kappa shape index (κ3) is 4.54. The number of nitrogens with zero attached hydrogens (tertiary/aromatic N) is 7. The minimum absolute atomic E-state index is 0.310. The number of rotatable bonds is 7. The molecule has 1 N–H and O–H groups in total. The van der Waals surface area contributed by atoms with Crippen LogP contribution in [0.5, 0.6) is 0 Å². The molecule has 4 aromatic heterocycles. The molecule has 1 saturated heterocycles. The maximum Gasteiger partial charge on any atom is 0.341 e. The van der Waals surface area contributed by atoms with Gasteiger partial charge in [0, 0.05) is 43.6 Å². The molecule has 1 fully saturated rings. The van der Waals surface area contributed by atoms with Crippen molar-refractivity contribution >= 4 is 39.3 Å². The summed E-state index contributed by atoms with van der Waals surface area (Å²) in [5.74, 6) is 1.64. The van der Waals surface area contributed by atoms with Crippen molar-refractivity contribution in [3.05, 3.63) is 41.3 Å². The van der Waals surface area contributed by atoms with Gasteiger partial charge >= 0.3 is 5.97 Å². The van der Waals surface area contributed by atoms with E-state index in [1.54, 1.807) is 30.7 Å². The number of esters is 1. The molecule has 1 aliphatic rings. The Hall–Kier alpha value is -3.64. The van der Waals surface area contributed by atoms with Crippen molar-refractivity contribution in [3.63, 3.8) is 0 Å². The van der Waals surface area contributed by atoms with E-state index < -0.39 is 5.97 Å². The fourth-order valence-electron chi connectivity index (χ4n) is 3.68. The molecule has 0 aliphatic carbocycles. The number of carbonyl (C=O) groups excluding carboxylic acids is 1. The highest BCUT2D eigenvalue weighted by atomic mass is 32.1. The smallest absolute Gasteiger partial charge is 0.341 e. The van der Waals surface area contributed by atoms with E-state index in [-0.39, 0.29) is 0 Å². The highest BCUT2D eigenvalue weighted by Crippen LogP contribution is 2.35. The first kappa shape index (κ1) is 22.2. The van der Waals surface area contributed by atoms with E-state index in [2.05, 4.69) is 31.1 Å². The topological polar surface area (TPSA) is 122 Å². The van der Waals surface area contributed by atoms with Gasteiger partial charge in [-0.3, -0.25) is 5.10 Å². The number of carbonyl (C=O) groups is 1. The van der Waals surface area contributed by atoms with E-state index in [0.29, 0.717) is 43.7 Å². The lowest BCUT2D eigenvalue weighted by Crippen LogP contribution is -2.36. The molecule has 0 atom stereocenters. The van der Waals surface area contributed by atoms with Crippen molar-refractivity contribution in [2.75, 3.05) is 49.8 Å². The third-order valence-electron chi connectivity index (χ3n) is 5.36. The molecule has 0 amide bonds. The van der Waals surface area contributed by atoms with Crippen LogP contribution in [0.4, 0.5) is 11.8 Å². The maximum atomic E-state index is 11.8. The molecule has 0 bridgehead atoms. The summed E-state index contributed by atoms with van der Waals surface area (Å²) in [6.07, 6.45) is 6.49. The minimum Gasteiger partial charge on any atom is -0.462 e. The number of nitrogens with one attached hydrogen (secondary N) is 1. The Bertz CT molecular complexity index is 1270. The van der Waals surface area contributed by atoms with E-state index in [1.165, 1.54) is 12.4 Å². The van der Waals surface area contributed by atoms with E-state index >= 15 is 0 Å². The molecule has 5 heterocycles. The lowest BCUT2D eigenvalue weighted by molar-refractivity contribution is 0.0525. The average Bonchev–Trinajstić information content (AvgIpc) is 3.54. The number of ether oxygens (including phenoxy) is 2. The second-order valence-electron chi connectivity index (χ2n) is 7.73. The number of anilines is 2. The number of fused-ring (bicyclic) bond motifs is 1. The SMILES string of the molecule is CCOC(=O)c1cnc(N(C)Cc2cc3nc(-c4cn[nH]c4)nc(N4CCOCC4)c3s2)nc1. The molecule has 5 rings (SSSR count). The van der Waals surface area contributed by atoms with Gasteiger partial charge in [-0.2, -0.15) is 5.10 Å². The zero-order valence-electron chi connectivity index (χ0n) is 18.9. The van der Waals surface area contributed by atoms with Crippen LogP contribution in [0.1, 0.15) is 22.2 Å². The first-order valence-corrected chi connectivity index (χ1v) is 11.8. The molecule has 0 aromatic carbocycles. The van der Waals surface area contributed by atoms with Crippen molar-refractivity contribution in [1.82, 2.24) is 30.1 Å². The molecule has 176 valence electrons. The molecule has 34 heavy (non-hydrogen) atoms. The molecular weight excluding hydrogens is 456 g/mol. The Morgan fingerprint density at radius 1 is 1.24 bits per heavy atom. The van der Waals surface area contributed by atoms with E-state index in [0.717, 1.165) is 39.6 Å². The molecule has 0 radical (unpaired) electrons. The number of thiophene rings is 1. The first-order chi connectivity index (χ1) is 16.6. The normalized spacial score (nSPS) is 13.9. The number of hydrogen-bond donors (Lipinski definition) is 1. The number of hydrogen-bond acceptors (Lipinski definition) is 11. The van der Waals surface area contributed by atoms with Crippen molar-refractivity contribution in [3.8, 4) is 11.4 Å². The van der Waals surface area contributed by atoms with Crippen molar-refractivity contribution in [2.45, 2.75) is 13.5 Å². The van der Waals surface area contributed by atoms with E-state index in [1.807, 2.05) is 11.9 Å². The van der Waals surface area contributed by atoms with Crippen LogP contribution in [0.25, 0.3) is 21.6 Å². The van der Waals surface area contributed by atoms with Crippen LogP contribution in [0.15, 0.2) is 30.9 Å². The Morgan fingerprint density at radius 3 is 2.74 bits per heavy atom. The fraction of sp³-hybridized carbons (Fsp3) is 0.364. The number of aromatic amines is 1. The van der Waals surface area contributed by atoms with Gasteiger partial charge in [-0.25, -0.2) is 24.7 Å². The first-order valence-electron chi connectivity index (χ1n) is 10.9. The summed E-state index contributed by atoms with van der Waals surface area (Å²) in [5.41, 5.74) is 2.06. The highest BCUT2D eigenvalue weighted by molar-refractivity contribution is 7.19. The summed E-state index contributed by atoms with van der Waals surface area (Å²) in [5, 5.41) is 6.87. The zero-order valence-corrected chi connectivity index (χ0v) is 19.7. The summed E-state index contributed by atoms with van der Waals surface area (Å²) < 4.78 is 11.6. The van der Waals surface area contributed by atoms with Gasteiger partial charge in [-0.05, 0) is 13.0 Å². The standard InChI is InChI=1S/C22H24N8O3S/c1-3-33-21(31)15-9-23-22(24-10-15)29(2)13-16-8-17-18(34-16)20(30-4-6-32-7-5-30)28-19(27-17)14-11-25-26-12-14/h8-12H,3-7,13H2,1-2H3,(H,25,26). The summed E-state index contributed by atoms with van der Waals surface area (Å²) >= 11 is 1.66. The third-order valence-corrected chi connectivity index (χ3v) is 6.46. The van der Waals surface area contributed by atoms with Crippen molar-refractivity contribution in [1.29, 1.82) is 0 Å². The molecule has 1 aliphatic heterocycles. The Kier molecular flexibility index (Phi) is 6.32. The molecular formula is C22H24N8O3S. The Morgan fingerprint density at radius 2 is 2.03 bits per heavy atom. The van der Waals surface area contributed by atoms with Crippen LogP contribution in [0, 0.1) is 0 Å². The molecule has 0 spiro atoms. The number of morpholine rings is 1. The highest BCUT2D eigenvalue weighted by Gasteiger charge is 2.21. The minimum atomic E-state index is -0.427. The van der Waals surface area contributed by atoms with Crippen molar-refractivity contribution in [2.24, 2.45) is 0 Å². The monoisotopic (exact) mass is 480 g/mol. The summed E-state index contributed by atoms with van der Waals surface area (Å²) in [7, 11) is 1.91. The Labute approximate surface area is 199 Å².